The summed E-state index contributed by atoms with van der Waals surface area (Å²) in [6.45, 7) is 2.60. The average Bonchev–Trinajstić information content (AvgIpc) is 3.07. The molecule has 6 heteroatoms. The molecule has 2 heterocycles. The van der Waals surface area contributed by atoms with E-state index in [0.29, 0.717) is 17.9 Å². The molecule has 166 valence electrons. The molecule has 1 fully saturated rings. The van der Waals surface area contributed by atoms with E-state index >= 15 is 0 Å². The summed E-state index contributed by atoms with van der Waals surface area (Å²) in [6, 6.07) is 16.3. The molecule has 0 radical (unpaired) electrons. The Balaban J connectivity index is 1.35. The number of likely N-dealkylation sites (tertiary alicyclic amines) is 1. The number of rotatable bonds is 7. The fraction of sp³-hybridized carbons (Fsp3) is 0.346. The molecular formula is C26H31N5O. The Morgan fingerprint density at radius 2 is 2.00 bits per heavy atom. The van der Waals surface area contributed by atoms with Crippen LogP contribution in [0.15, 0.2) is 61.1 Å². The molecular weight excluding hydrogens is 398 g/mol. The monoisotopic (exact) mass is 429 g/mol. The molecule has 0 spiro atoms. The zero-order chi connectivity index (χ0) is 22.3. The predicted octanol–water partition coefficient (Wildman–Crippen LogP) is 4.25. The Morgan fingerprint density at radius 3 is 2.78 bits per heavy atom. The number of aryl methyl sites for hydroxylation is 1. The smallest absolute Gasteiger partial charge is 0.222 e. The van der Waals surface area contributed by atoms with Crippen molar-refractivity contribution in [2.24, 2.45) is 11.7 Å². The number of carbonyl (C=O) groups excluding carboxylic acids is 1. The van der Waals surface area contributed by atoms with Gasteiger partial charge in [-0.1, -0.05) is 36.4 Å². The van der Waals surface area contributed by atoms with E-state index in [2.05, 4.69) is 32.7 Å². The number of nitrogens with two attached hydrogens (primary N) is 1. The lowest BCUT2D eigenvalue weighted by atomic mass is 10.0. The second-order valence-electron chi connectivity index (χ2n) is 8.53. The van der Waals surface area contributed by atoms with E-state index in [0.717, 1.165) is 61.9 Å². The highest BCUT2D eigenvalue weighted by molar-refractivity contribution is 6.08. The molecule has 4 rings (SSSR count). The van der Waals surface area contributed by atoms with Gasteiger partial charge in [0.1, 0.15) is 0 Å². The number of fused-ring (bicyclic) bond motifs is 1. The number of carbonyl (C=O) groups is 1. The van der Waals surface area contributed by atoms with Crippen molar-refractivity contribution in [2.45, 2.75) is 38.6 Å². The SMILES string of the molecule is N=C/C(=C\N)c1ccc2c(c1)ncn2CC1CCCN(C(=O)CCc2ccccc2)CC1. The lowest BCUT2D eigenvalue weighted by Crippen LogP contribution is -2.32. The number of hydrogen-bond donors (Lipinski definition) is 2. The molecule has 0 aliphatic carbocycles. The summed E-state index contributed by atoms with van der Waals surface area (Å²) < 4.78 is 2.22. The van der Waals surface area contributed by atoms with Crippen LogP contribution < -0.4 is 5.73 Å². The van der Waals surface area contributed by atoms with E-state index < -0.39 is 0 Å². The van der Waals surface area contributed by atoms with Crippen molar-refractivity contribution in [1.29, 1.82) is 5.41 Å². The van der Waals surface area contributed by atoms with E-state index in [1.165, 1.54) is 18.0 Å². The van der Waals surface area contributed by atoms with Crippen molar-refractivity contribution in [2.75, 3.05) is 13.1 Å². The minimum Gasteiger partial charge on any atom is -0.404 e. The third-order valence-electron chi connectivity index (χ3n) is 6.42. The van der Waals surface area contributed by atoms with Gasteiger partial charge in [-0.25, -0.2) is 4.98 Å². The number of benzene rings is 2. The van der Waals surface area contributed by atoms with Gasteiger partial charge in [-0.05, 0) is 54.9 Å². The summed E-state index contributed by atoms with van der Waals surface area (Å²) in [6.07, 6.45) is 9.18. The van der Waals surface area contributed by atoms with Gasteiger partial charge in [-0.15, -0.1) is 0 Å². The van der Waals surface area contributed by atoms with E-state index in [1.54, 1.807) is 0 Å². The third-order valence-corrected chi connectivity index (χ3v) is 6.42. The zero-order valence-corrected chi connectivity index (χ0v) is 18.4. The van der Waals surface area contributed by atoms with Gasteiger partial charge in [0.2, 0.25) is 5.91 Å². The third kappa shape index (κ3) is 5.07. The highest BCUT2D eigenvalue weighted by Gasteiger charge is 2.21. The first-order chi connectivity index (χ1) is 15.7. The van der Waals surface area contributed by atoms with Crippen molar-refractivity contribution in [3.8, 4) is 0 Å². The van der Waals surface area contributed by atoms with Crippen molar-refractivity contribution in [3.05, 3.63) is 72.2 Å². The molecule has 1 aliphatic heterocycles. The normalized spacial score (nSPS) is 17.3. The van der Waals surface area contributed by atoms with Crippen LogP contribution in [0.25, 0.3) is 16.6 Å². The maximum atomic E-state index is 12.7. The number of aromatic nitrogens is 2. The molecule has 2 aromatic carbocycles. The molecule has 1 aliphatic rings. The van der Waals surface area contributed by atoms with Crippen molar-refractivity contribution >= 4 is 28.7 Å². The number of imidazole rings is 1. The Morgan fingerprint density at radius 1 is 1.16 bits per heavy atom. The summed E-state index contributed by atoms with van der Waals surface area (Å²) in [5.74, 6) is 0.796. The molecule has 1 saturated heterocycles. The minimum absolute atomic E-state index is 0.269. The number of allylic oxidation sites excluding steroid dienone is 1. The summed E-state index contributed by atoms with van der Waals surface area (Å²) in [5.41, 5.74) is 10.4. The van der Waals surface area contributed by atoms with Crippen LogP contribution in [-0.2, 0) is 17.8 Å². The highest BCUT2D eigenvalue weighted by atomic mass is 16.2. The Kier molecular flexibility index (Phi) is 7.00. The molecule has 32 heavy (non-hydrogen) atoms. The maximum absolute atomic E-state index is 12.7. The first kappa shape index (κ1) is 21.8. The second kappa shape index (κ2) is 10.3. The van der Waals surface area contributed by atoms with Crippen molar-refractivity contribution in [3.63, 3.8) is 0 Å². The van der Waals surface area contributed by atoms with E-state index in [4.69, 9.17) is 11.1 Å². The zero-order valence-electron chi connectivity index (χ0n) is 18.4. The van der Waals surface area contributed by atoms with Crippen LogP contribution in [0.2, 0.25) is 0 Å². The minimum atomic E-state index is 0.269. The fourth-order valence-corrected chi connectivity index (χ4v) is 4.55. The standard InChI is InChI=1S/C26H31N5O/c27-16-23(17-28)22-9-10-25-24(15-22)29-19-31(25)18-21-7-4-13-30(14-12-21)26(32)11-8-20-5-2-1-3-6-20/h1-3,5-6,9-10,15-17,19,21,27H,4,7-8,11-14,18,28H2/b23-17+,27-16?. The molecule has 1 amide bonds. The first-order valence-electron chi connectivity index (χ1n) is 11.4. The summed E-state index contributed by atoms with van der Waals surface area (Å²) in [5, 5.41) is 7.49. The number of hydrogen-bond acceptors (Lipinski definition) is 4. The van der Waals surface area contributed by atoms with Crippen molar-refractivity contribution in [1.82, 2.24) is 14.5 Å². The van der Waals surface area contributed by atoms with E-state index in [-0.39, 0.29) is 5.91 Å². The van der Waals surface area contributed by atoms with Gasteiger partial charge >= 0.3 is 0 Å². The molecule has 3 N–H and O–H groups in total. The fourth-order valence-electron chi connectivity index (χ4n) is 4.55. The van der Waals surface area contributed by atoms with Crippen LogP contribution in [0.1, 0.15) is 36.8 Å². The number of amides is 1. The largest absolute Gasteiger partial charge is 0.404 e. The van der Waals surface area contributed by atoms with Crippen LogP contribution >= 0.6 is 0 Å². The Hall–Kier alpha value is -3.41. The first-order valence-corrected chi connectivity index (χ1v) is 11.4. The van der Waals surface area contributed by atoms with Gasteiger partial charge in [0.25, 0.3) is 0 Å². The van der Waals surface area contributed by atoms with Gasteiger partial charge in [0.05, 0.1) is 17.4 Å². The Labute approximate surface area is 189 Å². The molecule has 0 bridgehead atoms. The lowest BCUT2D eigenvalue weighted by Gasteiger charge is -2.21. The van der Waals surface area contributed by atoms with Crippen LogP contribution in [0, 0.1) is 11.3 Å². The quantitative estimate of drug-likeness (QED) is 0.551. The number of nitrogens with one attached hydrogen (secondary N) is 1. The van der Waals surface area contributed by atoms with Crippen LogP contribution in [-0.4, -0.2) is 39.7 Å². The molecule has 3 aromatic rings. The van der Waals surface area contributed by atoms with Crippen LogP contribution in [0.3, 0.4) is 0 Å². The molecule has 1 aromatic heterocycles. The van der Waals surface area contributed by atoms with Crippen LogP contribution in [0.5, 0.6) is 0 Å². The summed E-state index contributed by atoms with van der Waals surface area (Å²) in [7, 11) is 0. The van der Waals surface area contributed by atoms with E-state index in [9.17, 15) is 4.79 Å². The summed E-state index contributed by atoms with van der Waals surface area (Å²) in [4.78, 5) is 19.4. The van der Waals surface area contributed by atoms with Crippen molar-refractivity contribution < 1.29 is 4.79 Å². The van der Waals surface area contributed by atoms with Gasteiger partial charge < -0.3 is 20.6 Å². The molecule has 1 unspecified atom stereocenters. The Bertz CT molecular complexity index is 1100. The second-order valence-corrected chi connectivity index (χ2v) is 8.53. The highest BCUT2D eigenvalue weighted by Crippen LogP contribution is 2.24. The van der Waals surface area contributed by atoms with E-state index in [1.807, 2.05) is 36.7 Å². The van der Waals surface area contributed by atoms with Gasteiger partial charge in [-0.2, -0.15) is 0 Å². The molecule has 0 saturated carbocycles. The van der Waals surface area contributed by atoms with Crippen LogP contribution in [0.4, 0.5) is 0 Å². The molecule has 6 nitrogen and oxygen atoms in total. The number of nitrogens with zero attached hydrogens (tertiary/aromatic N) is 3. The average molecular weight is 430 g/mol. The summed E-state index contributed by atoms with van der Waals surface area (Å²) >= 11 is 0. The van der Waals surface area contributed by atoms with Gasteiger partial charge in [0, 0.05) is 44.0 Å². The van der Waals surface area contributed by atoms with Gasteiger partial charge in [-0.3, -0.25) is 4.79 Å². The maximum Gasteiger partial charge on any atom is 0.222 e. The topological polar surface area (TPSA) is 88.0 Å². The lowest BCUT2D eigenvalue weighted by molar-refractivity contribution is -0.131. The van der Waals surface area contributed by atoms with Gasteiger partial charge in [0.15, 0.2) is 0 Å². The predicted molar refractivity (Wildman–Crippen MR) is 129 cm³/mol. The molecule has 1 atom stereocenters.